The van der Waals surface area contributed by atoms with Crippen molar-refractivity contribution in [3.05, 3.63) is 64.7 Å². The minimum atomic E-state index is 0.104. The average molecular weight is 447 g/mol. The van der Waals surface area contributed by atoms with Crippen LogP contribution in [-0.4, -0.2) is 48.0 Å². The second-order valence-electron chi connectivity index (χ2n) is 10.4. The SMILES string of the molecule is CCN1[C@@H](c2ccc3c(c2)CC[C@H](N(C)C(=O)c2ccc(OCC4CC4)cc2)C3)CC[C@@H]1C. The molecule has 33 heavy (non-hydrogen) atoms. The molecule has 2 fully saturated rings. The van der Waals surface area contributed by atoms with Gasteiger partial charge in [0.15, 0.2) is 0 Å². The van der Waals surface area contributed by atoms with Crippen LogP contribution in [0.3, 0.4) is 0 Å². The minimum absolute atomic E-state index is 0.104. The topological polar surface area (TPSA) is 32.8 Å². The lowest BCUT2D eigenvalue weighted by Crippen LogP contribution is -2.40. The molecule has 1 saturated carbocycles. The third kappa shape index (κ3) is 4.82. The summed E-state index contributed by atoms with van der Waals surface area (Å²) in [6.07, 6.45) is 8.14. The number of hydrogen-bond acceptors (Lipinski definition) is 3. The molecule has 4 nitrogen and oxygen atoms in total. The van der Waals surface area contributed by atoms with E-state index in [-0.39, 0.29) is 11.9 Å². The molecule has 3 atom stereocenters. The van der Waals surface area contributed by atoms with Crippen molar-refractivity contribution < 1.29 is 9.53 Å². The fourth-order valence-electron chi connectivity index (χ4n) is 5.78. The highest BCUT2D eigenvalue weighted by molar-refractivity contribution is 5.94. The van der Waals surface area contributed by atoms with Gasteiger partial charge in [-0.25, -0.2) is 0 Å². The standard InChI is InChI=1S/C29H38N2O2/c1-4-31-20(2)5-16-28(31)25-9-8-24-18-26(13-10-23(24)17-25)30(3)29(32)22-11-14-27(15-12-22)33-19-21-6-7-21/h8-9,11-12,14-15,17,20-21,26,28H,4-7,10,13,16,18-19H2,1-3H3/t20-,26-,28+/m0/s1. The van der Waals surface area contributed by atoms with Gasteiger partial charge < -0.3 is 9.64 Å². The van der Waals surface area contributed by atoms with Gasteiger partial charge in [0.2, 0.25) is 0 Å². The molecule has 4 heteroatoms. The molecule has 2 aromatic carbocycles. The zero-order valence-corrected chi connectivity index (χ0v) is 20.4. The van der Waals surface area contributed by atoms with Crippen LogP contribution in [0.25, 0.3) is 0 Å². The number of ether oxygens (including phenoxy) is 1. The number of nitrogens with zero attached hydrogens (tertiary/aromatic N) is 2. The maximum Gasteiger partial charge on any atom is 0.253 e. The fraction of sp³-hybridized carbons (Fsp3) is 0.552. The van der Waals surface area contributed by atoms with Crippen LogP contribution in [0, 0.1) is 5.92 Å². The number of likely N-dealkylation sites (tertiary alicyclic amines) is 1. The molecule has 1 saturated heterocycles. The van der Waals surface area contributed by atoms with Crippen molar-refractivity contribution in [1.29, 1.82) is 0 Å². The average Bonchev–Trinajstić information content (AvgIpc) is 3.61. The van der Waals surface area contributed by atoms with Gasteiger partial charge in [-0.15, -0.1) is 0 Å². The fourth-order valence-corrected chi connectivity index (χ4v) is 5.78. The van der Waals surface area contributed by atoms with Gasteiger partial charge in [-0.2, -0.15) is 0 Å². The van der Waals surface area contributed by atoms with Gasteiger partial charge in [0.25, 0.3) is 5.91 Å². The Balaban J connectivity index is 1.22. The van der Waals surface area contributed by atoms with Crippen molar-refractivity contribution in [2.45, 2.75) is 76.9 Å². The van der Waals surface area contributed by atoms with E-state index in [2.05, 4.69) is 36.9 Å². The van der Waals surface area contributed by atoms with Gasteiger partial charge in [0.05, 0.1) is 6.61 Å². The van der Waals surface area contributed by atoms with E-state index in [9.17, 15) is 4.79 Å². The van der Waals surface area contributed by atoms with E-state index < -0.39 is 0 Å². The number of hydrogen-bond donors (Lipinski definition) is 0. The first-order chi connectivity index (χ1) is 16.0. The molecule has 176 valence electrons. The Hall–Kier alpha value is -2.33. The summed E-state index contributed by atoms with van der Waals surface area (Å²) in [6, 6.07) is 16.3. The summed E-state index contributed by atoms with van der Waals surface area (Å²) in [5, 5.41) is 0. The number of fused-ring (bicyclic) bond motifs is 1. The van der Waals surface area contributed by atoms with Crippen molar-refractivity contribution >= 4 is 5.91 Å². The van der Waals surface area contributed by atoms with Gasteiger partial charge in [-0.05, 0) is 105 Å². The van der Waals surface area contributed by atoms with Crippen LogP contribution in [0.15, 0.2) is 42.5 Å². The molecule has 1 heterocycles. The number of carbonyl (C=O) groups excluding carboxylic acids is 1. The number of benzene rings is 2. The highest BCUT2D eigenvalue weighted by Crippen LogP contribution is 2.37. The van der Waals surface area contributed by atoms with Crippen molar-refractivity contribution in [3.63, 3.8) is 0 Å². The lowest BCUT2D eigenvalue weighted by atomic mass is 9.85. The Morgan fingerprint density at radius 1 is 1.03 bits per heavy atom. The lowest BCUT2D eigenvalue weighted by molar-refractivity contribution is 0.0719. The molecular weight excluding hydrogens is 408 g/mol. The number of rotatable bonds is 7. The van der Waals surface area contributed by atoms with E-state index in [1.165, 1.54) is 42.4 Å². The minimum Gasteiger partial charge on any atom is -0.493 e. The monoisotopic (exact) mass is 446 g/mol. The van der Waals surface area contributed by atoms with Crippen molar-refractivity contribution in [3.8, 4) is 5.75 Å². The summed E-state index contributed by atoms with van der Waals surface area (Å²) >= 11 is 0. The Morgan fingerprint density at radius 3 is 2.55 bits per heavy atom. The Kier molecular flexibility index (Phi) is 6.47. The molecule has 1 aliphatic heterocycles. The molecule has 1 amide bonds. The van der Waals surface area contributed by atoms with Gasteiger partial charge in [0.1, 0.15) is 5.75 Å². The third-order valence-corrected chi connectivity index (χ3v) is 8.16. The first-order valence-corrected chi connectivity index (χ1v) is 12.9. The zero-order valence-electron chi connectivity index (χ0n) is 20.4. The molecule has 0 radical (unpaired) electrons. The summed E-state index contributed by atoms with van der Waals surface area (Å²) in [5.41, 5.74) is 5.11. The lowest BCUT2D eigenvalue weighted by Gasteiger charge is -2.33. The third-order valence-electron chi connectivity index (χ3n) is 8.16. The van der Waals surface area contributed by atoms with Crippen molar-refractivity contribution in [2.75, 3.05) is 20.2 Å². The van der Waals surface area contributed by atoms with Crippen LogP contribution in [0.1, 0.15) is 79.0 Å². The van der Waals surface area contributed by atoms with Crippen LogP contribution in [0.2, 0.25) is 0 Å². The molecule has 5 rings (SSSR count). The maximum atomic E-state index is 13.2. The molecular formula is C29H38N2O2. The Labute approximate surface area is 198 Å². The maximum absolute atomic E-state index is 13.2. The van der Waals surface area contributed by atoms with E-state index in [0.717, 1.165) is 49.6 Å². The van der Waals surface area contributed by atoms with E-state index >= 15 is 0 Å². The Bertz CT molecular complexity index is 982. The number of carbonyl (C=O) groups is 1. The first kappa shape index (κ1) is 22.5. The van der Waals surface area contributed by atoms with Crippen LogP contribution < -0.4 is 4.74 Å². The van der Waals surface area contributed by atoms with Gasteiger partial charge in [-0.1, -0.05) is 25.1 Å². The second-order valence-corrected chi connectivity index (χ2v) is 10.4. The van der Waals surface area contributed by atoms with Gasteiger partial charge in [-0.3, -0.25) is 9.69 Å². The zero-order chi connectivity index (χ0) is 22.9. The van der Waals surface area contributed by atoms with Crippen molar-refractivity contribution in [1.82, 2.24) is 9.80 Å². The Morgan fingerprint density at radius 2 is 1.82 bits per heavy atom. The van der Waals surface area contributed by atoms with Crippen LogP contribution in [0.5, 0.6) is 5.75 Å². The molecule has 0 N–H and O–H groups in total. The molecule has 2 aromatic rings. The molecule has 0 aromatic heterocycles. The van der Waals surface area contributed by atoms with Crippen LogP contribution >= 0.6 is 0 Å². The quantitative estimate of drug-likeness (QED) is 0.551. The van der Waals surface area contributed by atoms with E-state index in [1.54, 1.807) is 0 Å². The molecule has 0 spiro atoms. The van der Waals surface area contributed by atoms with E-state index in [1.807, 2.05) is 36.2 Å². The predicted octanol–water partition coefficient (Wildman–Crippen LogP) is 5.65. The summed E-state index contributed by atoms with van der Waals surface area (Å²) < 4.78 is 5.82. The highest BCUT2D eigenvalue weighted by Gasteiger charge is 2.32. The van der Waals surface area contributed by atoms with Crippen LogP contribution in [0.4, 0.5) is 0 Å². The van der Waals surface area contributed by atoms with Gasteiger partial charge in [0, 0.05) is 30.7 Å². The molecule has 2 aliphatic carbocycles. The summed E-state index contributed by atoms with van der Waals surface area (Å²) in [4.78, 5) is 17.7. The number of aryl methyl sites for hydroxylation is 1. The molecule has 0 unspecified atom stereocenters. The normalized spacial score (nSPS) is 25.0. The number of amides is 1. The molecule has 3 aliphatic rings. The summed E-state index contributed by atoms with van der Waals surface area (Å²) in [7, 11) is 1.96. The highest BCUT2D eigenvalue weighted by atomic mass is 16.5. The summed E-state index contributed by atoms with van der Waals surface area (Å²) in [5.74, 6) is 1.70. The molecule has 0 bridgehead atoms. The van der Waals surface area contributed by atoms with E-state index in [4.69, 9.17) is 4.74 Å². The van der Waals surface area contributed by atoms with E-state index in [0.29, 0.717) is 12.1 Å². The smallest absolute Gasteiger partial charge is 0.253 e. The summed E-state index contributed by atoms with van der Waals surface area (Å²) in [6.45, 7) is 6.55. The van der Waals surface area contributed by atoms with Gasteiger partial charge >= 0.3 is 0 Å². The first-order valence-electron chi connectivity index (χ1n) is 12.9. The van der Waals surface area contributed by atoms with Crippen molar-refractivity contribution in [2.24, 2.45) is 5.92 Å². The largest absolute Gasteiger partial charge is 0.493 e. The second kappa shape index (κ2) is 9.50. The van der Waals surface area contributed by atoms with Crippen LogP contribution in [-0.2, 0) is 12.8 Å². The number of likely N-dealkylation sites (N-methyl/N-ethyl adjacent to an activating group) is 1. The predicted molar refractivity (Wildman–Crippen MR) is 133 cm³/mol.